The van der Waals surface area contributed by atoms with Crippen LogP contribution in [0.2, 0.25) is 0 Å². The van der Waals surface area contributed by atoms with Gasteiger partial charge in [0.2, 0.25) is 0 Å². The van der Waals surface area contributed by atoms with Gasteiger partial charge in [-0.3, -0.25) is 9.36 Å². The number of aromatic nitrogens is 2. The highest BCUT2D eigenvalue weighted by Crippen LogP contribution is 2.21. The first-order valence-electron chi connectivity index (χ1n) is 8.49. The minimum atomic E-state index is -3.73. The molecule has 0 unspecified atom stereocenters. The van der Waals surface area contributed by atoms with E-state index >= 15 is 0 Å². The van der Waals surface area contributed by atoms with Crippen LogP contribution in [-0.2, 0) is 10.1 Å². The Labute approximate surface area is 162 Å². The number of hydrogen-bond donors (Lipinski definition) is 0. The number of rotatable bonds is 7. The molecule has 1 heterocycles. The Bertz CT molecular complexity index is 1090. The Kier molecular flexibility index (Phi) is 5.86. The Morgan fingerprint density at radius 1 is 1.07 bits per heavy atom. The molecule has 6 nitrogen and oxygen atoms in total. The summed E-state index contributed by atoms with van der Waals surface area (Å²) in [6.07, 6.45) is 0. The largest absolute Gasteiger partial charge is 0.382 e. The molecule has 0 aliphatic carbocycles. The maximum Gasteiger partial charge on any atom is 0.310 e. The Morgan fingerprint density at radius 2 is 1.74 bits per heavy atom. The molecular formula is C19H20N2O4S2. The van der Waals surface area contributed by atoms with Crippen molar-refractivity contribution in [1.82, 2.24) is 9.55 Å². The first kappa shape index (κ1) is 19.4. The van der Waals surface area contributed by atoms with Crippen molar-refractivity contribution >= 4 is 32.8 Å². The van der Waals surface area contributed by atoms with Crippen LogP contribution in [-0.4, -0.2) is 29.5 Å². The molecule has 3 rings (SSSR count). The van der Waals surface area contributed by atoms with E-state index in [4.69, 9.17) is 4.18 Å². The summed E-state index contributed by atoms with van der Waals surface area (Å²) in [5.41, 5.74) is 0.479. The summed E-state index contributed by atoms with van der Waals surface area (Å²) < 4.78 is 31.0. The van der Waals surface area contributed by atoms with Crippen LogP contribution in [0.5, 0.6) is 5.75 Å². The molecule has 0 atom stereocenters. The van der Waals surface area contributed by atoms with Gasteiger partial charge >= 0.3 is 10.1 Å². The number of para-hydroxylation sites is 2. The summed E-state index contributed by atoms with van der Waals surface area (Å²) in [4.78, 5) is 17.3. The smallest absolute Gasteiger partial charge is 0.310 e. The van der Waals surface area contributed by atoms with Gasteiger partial charge in [-0.15, -0.1) is 0 Å². The van der Waals surface area contributed by atoms with Crippen LogP contribution < -0.4 is 9.74 Å². The second-order valence-corrected chi connectivity index (χ2v) is 8.94. The van der Waals surface area contributed by atoms with Gasteiger partial charge in [-0.2, -0.15) is 8.42 Å². The van der Waals surface area contributed by atoms with Crippen LogP contribution in [0.15, 0.2) is 64.5 Å². The van der Waals surface area contributed by atoms with Crippen molar-refractivity contribution in [2.24, 2.45) is 0 Å². The molecule has 0 spiro atoms. The Morgan fingerprint density at radius 3 is 2.44 bits per heavy atom. The third-order valence-electron chi connectivity index (χ3n) is 3.82. The van der Waals surface area contributed by atoms with Crippen LogP contribution >= 0.6 is 11.8 Å². The zero-order valence-electron chi connectivity index (χ0n) is 15.0. The van der Waals surface area contributed by atoms with E-state index in [-0.39, 0.29) is 28.9 Å². The van der Waals surface area contributed by atoms with Crippen molar-refractivity contribution in [2.45, 2.75) is 25.0 Å². The van der Waals surface area contributed by atoms with Gasteiger partial charge in [-0.05, 0) is 38.1 Å². The first-order chi connectivity index (χ1) is 12.9. The van der Waals surface area contributed by atoms with Gasteiger partial charge in [0, 0.05) is 11.8 Å². The summed E-state index contributed by atoms with van der Waals surface area (Å²) in [5, 5.41) is 1.05. The standard InChI is InChI=1S/C19H20N2O4S2/c1-14(2)21-18(22)16-10-6-7-11-17(16)20-19(21)26-12-13-27(23,24)25-15-8-4-3-5-9-15/h3-11,14H,12-13H2,1-2H3. The van der Waals surface area contributed by atoms with Crippen molar-refractivity contribution in [3.05, 3.63) is 65.0 Å². The molecule has 0 saturated carbocycles. The summed E-state index contributed by atoms with van der Waals surface area (Å²) in [7, 11) is -3.73. The Balaban J connectivity index is 1.78. The van der Waals surface area contributed by atoms with E-state index in [9.17, 15) is 13.2 Å². The Hall–Kier alpha value is -2.32. The lowest BCUT2D eigenvalue weighted by Crippen LogP contribution is -2.25. The zero-order chi connectivity index (χ0) is 19.4. The van der Waals surface area contributed by atoms with Gasteiger partial charge in [0.15, 0.2) is 5.16 Å². The van der Waals surface area contributed by atoms with E-state index in [2.05, 4.69) is 4.98 Å². The summed E-state index contributed by atoms with van der Waals surface area (Å²) >= 11 is 1.23. The monoisotopic (exact) mass is 404 g/mol. The predicted octanol–water partition coefficient (Wildman–Crippen LogP) is 3.48. The van der Waals surface area contributed by atoms with E-state index < -0.39 is 10.1 Å². The number of nitrogens with zero attached hydrogens (tertiary/aromatic N) is 2. The minimum Gasteiger partial charge on any atom is -0.382 e. The van der Waals surface area contributed by atoms with E-state index in [0.29, 0.717) is 16.1 Å². The molecule has 3 aromatic rings. The van der Waals surface area contributed by atoms with Gasteiger partial charge in [-0.1, -0.05) is 42.1 Å². The maximum atomic E-state index is 12.8. The lowest BCUT2D eigenvalue weighted by molar-refractivity contribution is 0.488. The first-order valence-corrected chi connectivity index (χ1v) is 11.0. The molecule has 0 fully saturated rings. The highest BCUT2D eigenvalue weighted by atomic mass is 32.2. The zero-order valence-corrected chi connectivity index (χ0v) is 16.7. The van der Waals surface area contributed by atoms with Gasteiger partial charge in [0.05, 0.1) is 16.7 Å². The van der Waals surface area contributed by atoms with Crippen molar-refractivity contribution in [2.75, 3.05) is 11.5 Å². The fraction of sp³-hybridized carbons (Fsp3) is 0.263. The van der Waals surface area contributed by atoms with Gasteiger partial charge < -0.3 is 4.18 Å². The van der Waals surface area contributed by atoms with Gasteiger partial charge in [-0.25, -0.2) is 4.98 Å². The van der Waals surface area contributed by atoms with Crippen molar-refractivity contribution in [3.8, 4) is 5.75 Å². The topological polar surface area (TPSA) is 78.3 Å². The van der Waals surface area contributed by atoms with Crippen LogP contribution in [0.4, 0.5) is 0 Å². The summed E-state index contributed by atoms with van der Waals surface area (Å²) in [5.74, 6) is 0.324. The second kappa shape index (κ2) is 8.14. The van der Waals surface area contributed by atoms with Gasteiger partial charge in [0.25, 0.3) is 5.56 Å². The fourth-order valence-electron chi connectivity index (χ4n) is 2.58. The molecule has 27 heavy (non-hydrogen) atoms. The summed E-state index contributed by atoms with van der Waals surface area (Å²) in [6, 6.07) is 15.4. The average Bonchev–Trinajstić information content (AvgIpc) is 2.62. The second-order valence-electron chi connectivity index (χ2n) is 6.19. The molecule has 0 radical (unpaired) electrons. The number of hydrogen-bond acceptors (Lipinski definition) is 6. The fourth-order valence-corrected chi connectivity index (χ4v) is 5.00. The summed E-state index contributed by atoms with van der Waals surface area (Å²) in [6.45, 7) is 3.80. The van der Waals surface area contributed by atoms with Crippen molar-refractivity contribution in [3.63, 3.8) is 0 Å². The SMILES string of the molecule is CC(C)n1c(SCCS(=O)(=O)Oc2ccccc2)nc2ccccc2c1=O. The molecule has 0 amide bonds. The highest BCUT2D eigenvalue weighted by Gasteiger charge is 2.17. The van der Waals surface area contributed by atoms with E-state index in [1.165, 1.54) is 11.8 Å². The van der Waals surface area contributed by atoms with E-state index in [1.807, 2.05) is 19.9 Å². The average molecular weight is 405 g/mol. The lowest BCUT2D eigenvalue weighted by Gasteiger charge is -2.16. The molecule has 0 saturated heterocycles. The molecule has 0 bridgehead atoms. The third kappa shape index (κ3) is 4.70. The van der Waals surface area contributed by atoms with Crippen molar-refractivity contribution in [1.29, 1.82) is 0 Å². The lowest BCUT2D eigenvalue weighted by atomic mass is 10.2. The molecule has 142 valence electrons. The molecule has 1 aromatic heterocycles. The number of fused-ring (bicyclic) bond motifs is 1. The molecular weight excluding hydrogens is 384 g/mol. The van der Waals surface area contributed by atoms with Crippen LogP contribution in [0.1, 0.15) is 19.9 Å². The maximum absolute atomic E-state index is 12.8. The molecule has 0 aliphatic heterocycles. The quantitative estimate of drug-likeness (QED) is 0.341. The molecule has 0 aliphatic rings. The number of benzene rings is 2. The van der Waals surface area contributed by atoms with Crippen molar-refractivity contribution < 1.29 is 12.6 Å². The molecule has 8 heteroatoms. The number of thioether (sulfide) groups is 1. The van der Waals surface area contributed by atoms with Crippen LogP contribution in [0, 0.1) is 0 Å². The normalized spacial score (nSPS) is 11.8. The molecule has 0 N–H and O–H groups in total. The van der Waals surface area contributed by atoms with Gasteiger partial charge in [0.1, 0.15) is 5.75 Å². The third-order valence-corrected chi connectivity index (χ3v) is 6.19. The predicted molar refractivity (Wildman–Crippen MR) is 108 cm³/mol. The van der Waals surface area contributed by atoms with E-state index in [1.54, 1.807) is 53.1 Å². The highest BCUT2D eigenvalue weighted by molar-refractivity contribution is 8.00. The minimum absolute atomic E-state index is 0.0886. The van der Waals surface area contributed by atoms with Crippen LogP contribution in [0.25, 0.3) is 10.9 Å². The van der Waals surface area contributed by atoms with E-state index in [0.717, 1.165) is 0 Å². The molecule has 2 aromatic carbocycles. The van der Waals surface area contributed by atoms with Crippen LogP contribution in [0.3, 0.4) is 0 Å².